The minimum absolute atomic E-state index is 0.0127. The van der Waals surface area contributed by atoms with Gasteiger partial charge in [0.1, 0.15) is 12.1 Å². The Labute approximate surface area is 168 Å². The van der Waals surface area contributed by atoms with Gasteiger partial charge in [-0.1, -0.05) is 20.8 Å². The van der Waals surface area contributed by atoms with Crippen molar-refractivity contribution in [1.82, 2.24) is 39.6 Å². The highest BCUT2D eigenvalue weighted by Gasteiger charge is 2.27. The van der Waals surface area contributed by atoms with Crippen LogP contribution in [0.4, 0.5) is 5.82 Å². The first-order valence-electron chi connectivity index (χ1n) is 10.0. The molecule has 5 rings (SSSR count). The molecule has 0 unspecified atom stereocenters. The molecule has 0 aromatic carbocycles. The second kappa shape index (κ2) is 6.47. The van der Waals surface area contributed by atoms with Crippen molar-refractivity contribution in [2.45, 2.75) is 44.9 Å². The maximum atomic E-state index is 4.85. The molecule has 0 bridgehead atoms. The third kappa shape index (κ3) is 3.10. The van der Waals surface area contributed by atoms with E-state index in [0.29, 0.717) is 5.92 Å². The average molecular weight is 391 g/mol. The predicted molar refractivity (Wildman–Crippen MR) is 110 cm³/mol. The Morgan fingerprint density at radius 2 is 1.79 bits per heavy atom. The predicted octanol–water partition coefficient (Wildman–Crippen LogP) is 2.48. The summed E-state index contributed by atoms with van der Waals surface area (Å²) in [4.78, 5) is 11.1. The van der Waals surface area contributed by atoms with Crippen molar-refractivity contribution >= 4 is 22.5 Å². The van der Waals surface area contributed by atoms with Crippen molar-refractivity contribution in [3.8, 4) is 0 Å². The Morgan fingerprint density at radius 3 is 2.55 bits per heavy atom. The number of fused-ring (bicyclic) bond motifs is 2. The number of aryl methyl sites for hydroxylation is 1. The van der Waals surface area contributed by atoms with Gasteiger partial charge in [0, 0.05) is 37.7 Å². The summed E-state index contributed by atoms with van der Waals surface area (Å²) in [5.41, 5.74) is 2.58. The number of hydrogen-bond donors (Lipinski definition) is 0. The van der Waals surface area contributed by atoms with E-state index in [1.807, 2.05) is 29.9 Å². The molecule has 1 aliphatic rings. The van der Waals surface area contributed by atoms with Gasteiger partial charge in [-0.15, -0.1) is 10.2 Å². The van der Waals surface area contributed by atoms with Crippen LogP contribution in [0.1, 0.15) is 51.0 Å². The van der Waals surface area contributed by atoms with Crippen LogP contribution in [0.5, 0.6) is 0 Å². The van der Waals surface area contributed by atoms with E-state index in [9.17, 15) is 0 Å². The Balaban J connectivity index is 1.40. The highest BCUT2D eigenvalue weighted by molar-refractivity contribution is 5.86. The first kappa shape index (κ1) is 18.0. The van der Waals surface area contributed by atoms with Crippen LogP contribution in [0.25, 0.3) is 16.7 Å². The summed E-state index contributed by atoms with van der Waals surface area (Å²) < 4.78 is 3.72. The highest BCUT2D eigenvalue weighted by Crippen LogP contribution is 2.31. The lowest BCUT2D eigenvalue weighted by Crippen LogP contribution is -2.34. The molecule has 4 aromatic heterocycles. The largest absolute Gasteiger partial charge is 0.356 e. The monoisotopic (exact) mass is 391 g/mol. The summed E-state index contributed by atoms with van der Waals surface area (Å²) in [6.45, 7) is 8.32. The van der Waals surface area contributed by atoms with Crippen LogP contribution in [0.15, 0.2) is 24.7 Å². The molecule has 0 saturated carbocycles. The van der Waals surface area contributed by atoms with Gasteiger partial charge >= 0.3 is 0 Å². The molecule has 0 atom stereocenters. The average Bonchev–Trinajstić information content (AvgIpc) is 3.29. The number of aromatic nitrogens is 8. The third-order valence-corrected chi connectivity index (χ3v) is 5.63. The van der Waals surface area contributed by atoms with Gasteiger partial charge in [0.25, 0.3) is 0 Å². The molecule has 150 valence electrons. The molecule has 1 aliphatic heterocycles. The third-order valence-electron chi connectivity index (χ3n) is 5.63. The number of nitrogens with zero attached hydrogens (tertiary/aromatic N) is 9. The van der Waals surface area contributed by atoms with Crippen LogP contribution in [-0.2, 0) is 12.5 Å². The summed E-state index contributed by atoms with van der Waals surface area (Å²) in [7, 11) is 1.91. The normalized spacial score (nSPS) is 16.2. The molecule has 0 aliphatic carbocycles. The number of hydrogen-bond acceptors (Lipinski definition) is 7. The molecule has 9 heteroatoms. The van der Waals surface area contributed by atoms with E-state index >= 15 is 0 Å². The van der Waals surface area contributed by atoms with Crippen LogP contribution in [0.3, 0.4) is 0 Å². The molecule has 0 amide bonds. The topological polar surface area (TPSA) is 89.9 Å². The molecule has 9 nitrogen and oxygen atoms in total. The zero-order valence-corrected chi connectivity index (χ0v) is 17.2. The van der Waals surface area contributed by atoms with Crippen LogP contribution >= 0.6 is 0 Å². The molecule has 1 saturated heterocycles. The molecular formula is C20H25N9. The van der Waals surface area contributed by atoms with Gasteiger partial charge < -0.3 is 4.90 Å². The van der Waals surface area contributed by atoms with E-state index in [2.05, 4.69) is 50.9 Å². The van der Waals surface area contributed by atoms with Crippen molar-refractivity contribution in [3.63, 3.8) is 0 Å². The zero-order chi connectivity index (χ0) is 20.2. The Hall–Kier alpha value is -3.10. The molecule has 5 heterocycles. The van der Waals surface area contributed by atoms with Gasteiger partial charge in [-0.25, -0.2) is 9.97 Å². The molecule has 0 N–H and O–H groups in total. The van der Waals surface area contributed by atoms with Crippen molar-refractivity contribution in [1.29, 1.82) is 0 Å². The molecule has 0 radical (unpaired) electrons. The van der Waals surface area contributed by atoms with Gasteiger partial charge in [0.2, 0.25) is 0 Å². The lowest BCUT2D eigenvalue weighted by atomic mass is 9.92. The Kier molecular flexibility index (Phi) is 4.01. The standard InChI is InChI=1S/C20H25N9/c1-20(2,3)15-5-6-16-23-24-18(29(16)25-15)13-7-9-28(10-8-13)19-14-11-27(4)26-17(14)21-12-22-19/h5-6,11-13H,7-10H2,1-4H3. The number of piperidine rings is 1. The fraction of sp³-hybridized carbons (Fsp3) is 0.500. The molecule has 29 heavy (non-hydrogen) atoms. The van der Waals surface area contributed by atoms with Gasteiger partial charge in [-0.2, -0.15) is 14.7 Å². The summed E-state index contributed by atoms with van der Waals surface area (Å²) in [5.74, 6) is 2.25. The summed E-state index contributed by atoms with van der Waals surface area (Å²) in [6.07, 6.45) is 5.55. The van der Waals surface area contributed by atoms with Crippen LogP contribution in [0.2, 0.25) is 0 Å². The second-order valence-corrected chi connectivity index (χ2v) is 8.80. The quantitative estimate of drug-likeness (QED) is 0.518. The molecule has 4 aromatic rings. The van der Waals surface area contributed by atoms with E-state index in [1.165, 1.54) is 0 Å². The summed E-state index contributed by atoms with van der Waals surface area (Å²) >= 11 is 0. The number of rotatable bonds is 2. The molecule has 0 spiro atoms. The fourth-order valence-electron chi connectivity index (χ4n) is 4.00. The van der Waals surface area contributed by atoms with Crippen LogP contribution < -0.4 is 4.90 Å². The van der Waals surface area contributed by atoms with Gasteiger partial charge in [-0.3, -0.25) is 4.68 Å². The zero-order valence-electron chi connectivity index (χ0n) is 17.2. The van der Waals surface area contributed by atoms with Crippen LogP contribution in [0, 0.1) is 0 Å². The Morgan fingerprint density at radius 1 is 1.00 bits per heavy atom. The minimum Gasteiger partial charge on any atom is -0.356 e. The lowest BCUT2D eigenvalue weighted by molar-refractivity contribution is 0.471. The highest BCUT2D eigenvalue weighted by atomic mass is 15.4. The second-order valence-electron chi connectivity index (χ2n) is 8.80. The van der Waals surface area contributed by atoms with E-state index in [-0.39, 0.29) is 5.41 Å². The van der Waals surface area contributed by atoms with Gasteiger partial charge in [-0.05, 0) is 25.0 Å². The SMILES string of the molecule is Cn1cc2c(N3CCC(c4nnc5ccc(C(C)(C)C)nn45)CC3)ncnc2n1. The van der Waals surface area contributed by atoms with E-state index in [0.717, 1.165) is 59.9 Å². The Bertz CT molecular complexity index is 1180. The first-order chi connectivity index (χ1) is 13.9. The smallest absolute Gasteiger partial charge is 0.186 e. The van der Waals surface area contributed by atoms with E-state index in [1.54, 1.807) is 11.0 Å². The fourth-order valence-corrected chi connectivity index (χ4v) is 4.00. The van der Waals surface area contributed by atoms with Crippen molar-refractivity contribution in [2.24, 2.45) is 7.05 Å². The van der Waals surface area contributed by atoms with E-state index < -0.39 is 0 Å². The van der Waals surface area contributed by atoms with Crippen molar-refractivity contribution in [3.05, 3.63) is 36.2 Å². The van der Waals surface area contributed by atoms with Gasteiger partial charge in [0.05, 0.1) is 11.1 Å². The maximum Gasteiger partial charge on any atom is 0.186 e. The first-order valence-corrected chi connectivity index (χ1v) is 10.0. The number of anilines is 1. The van der Waals surface area contributed by atoms with E-state index in [4.69, 9.17) is 5.10 Å². The van der Waals surface area contributed by atoms with Gasteiger partial charge in [0.15, 0.2) is 17.1 Å². The summed E-state index contributed by atoms with van der Waals surface area (Å²) in [5, 5.41) is 19.1. The maximum absolute atomic E-state index is 4.85. The molecule has 1 fully saturated rings. The molecular weight excluding hydrogens is 366 g/mol. The summed E-state index contributed by atoms with van der Waals surface area (Å²) in [6, 6.07) is 4.06. The van der Waals surface area contributed by atoms with Crippen LogP contribution in [-0.4, -0.2) is 52.6 Å². The minimum atomic E-state index is -0.0127. The lowest BCUT2D eigenvalue weighted by Gasteiger charge is -2.32. The van der Waals surface area contributed by atoms with Crippen molar-refractivity contribution < 1.29 is 0 Å². The van der Waals surface area contributed by atoms with Crippen molar-refractivity contribution in [2.75, 3.05) is 18.0 Å².